The predicted molar refractivity (Wildman–Crippen MR) is 55.0 cm³/mol. The fourth-order valence-electron chi connectivity index (χ4n) is 0.969. The van der Waals surface area contributed by atoms with Gasteiger partial charge in [0, 0.05) is 6.42 Å². The molecule has 0 atom stereocenters. The minimum Gasteiger partial charge on any atom is -0.489 e. The van der Waals surface area contributed by atoms with Crippen LogP contribution in [0.25, 0.3) is 0 Å². The van der Waals surface area contributed by atoms with Gasteiger partial charge in [-0.05, 0) is 18.6 Å². The number of benzene rings is 1. The van der Waals surface area contributed by atoms with Crippen molar-refractivity contribution in [2.75, 3.05) is 6.61 Å². The lowest BCUT2D eigenvalue weighted by molar-refractivity contribution is 0.297. The van der Waals surface area contributed by atoms with E-state index in [4.69, 9.17) is 22.8 Å². The summed E-state index contributed by atoms with van der Waals surface area (Å²) in [4.78, 5) is 0. The Hall–Kier alpha value is -1.20. The molecule has 0 unspecified atom stereocenters. The van der Waals surface area contributed by atoms with Crippen LogP contribution < -0.4 is 4.74 Å². The quantitative estimate of drug-likeness (QED) is 0.550. The summed E-state index contributed by atoms with van der Waals surface area (Å²) in [5.74, 6) is 2.13. The van der Waals surface area contributed by atoms with Crippen molar-refractivity contribution < 1.29 is 9.13 Å². The van der Waals surface area contributed by atoms with E-state index in [1.54, 1.807) is 6.07 Å². The Labute approximate surface area is 87.8 Å². The maximum Gasteiger partial charge on any atom is 0.173 e. The van der Waals surface area contributed by atoms with E-state index in [0.717, 1.165) is 0 Å². The van der Waals surface area contributed by atoms with E-state index in [1.165, 1.54) is 12.1 Å². The van der Waals surface area contributed by atoms with Crippen molar-refractivity contribution in [3.05, 3.63) is 29.0 Å². The summed E-state index contributed by atoms with van der Waals surface area (Å²) in [6.07, 6.45) is 6.37. The molecule has 3 heteroatoms. The van der Waals surface area contributed by atoms with Gasteiger partial charge < -0.3 is 4.74 Å². The van der Waals surface area contributed by atoms with Crippen LogP contribution in [-0.2, 0) is 0 Å². The monoisotopic (exact) mass is 212 g/mol. The molecule has 0 fully saturated rings. The lowest BCUT2D eigenvalue weighted by atomic mass is 10.3. The average Bonchev–Trinajstić information content (AvgIpc) is 2.16. The Kier molecular flexibility index (Phi) is 4.28. The number of rotatable bonds is 4. The SMILES string of the molecule is C#CCCCOc1c(F)cccc1Cl. The standard InChI is InChI=1S/C11H10ClFO/c1-2-3-4-8-14-11-9(12)6-5-7-10(11)13/h1,5-7H,3-4,8H2. The molecule has 0 aliphatic rings. The largest absolute Gasteiger partial charge is 0.489 e. The Bertz CT molecular complexity index is 323. The van der Waals surface area contributed by atoms with Crippen molar-refractivity contribution >= 4 is 11.6 Å². The summed E-state index contributed by atoms with van der Waals surface area (Å²) in [6, 6.07) is 4.43. The third-order valence-electron chi connectivity index (χ3n) is 1.63. The maximum absolute atomic E-state index is 13.1. The molecule has 0 bridgehead atoms. The van der Waals surface area contributed by atoms with Crippen molar-refractivity contribution in [3.63, 3.8) is 0 Å². The average molecular weight is 213 g/mol. The number of hydrogen-bond acceptors (Lipinski definition) is 1. The van der Waals surface area contributed by atoms with Crippen LogP contribution in [-0.4, -0.2) is 6.61 Å². The Morgan fingerprint density at radius 2 is 2.29 bits per heavy atom. The minimum atomic E-state index is -0.446. The van der Waals surface area contributed by atoms with E-state index in [9.17, 15) is 4.39 Å². The molecule has 74 valence electrons. The third-order valence-corrected chi connectivity index (χ3v) is 1.93. The van der Waals surface area contributed by atoms with E-state index < -0.39 is 5.82 Å². The summed E-state index contributed by atoms with van der Waals surface area (Å²) in [5.41, 5.74) is 0. The first kappa shape index (κ1) is 10.9. The number of terminal acetylenes is 1. The topological polar surface area (TPSA) is 9.23 Å². The summed E-state index contributed by atoms with van der Waals surface area (Å²) < 4.78 is 18.3. The van der Waals surface area contributed by atoms with Gasteiger partial charge in [0.05, 0.1) is 11.6 Å². The second-order valence-corrected chi connectivity index (χ2v) is 3.11. The normalized spacial score (nSPS) is 9.50. The van der Waals surface area contributed by atoms with E-state index in [2.05, 4.69) is 5.92 Å². The van der Waals surface area contributed by atoms with Crippen molar-refractivity contribution in [1.82, 2.24) is 0 Å². The molecule has 0 spiro atoms. The summed E-state index contributed by atoms with van der Waals surface area (Å²) >= 11 is 5.74. The molecule has 0 saturated heterocycles. The number of halogens is 2. The minimum absolute atomic E-state index is 0.103. The van der Waals surface area contributed by atoms with Gasteiger partial charge in [-0.3, -0.25) is 0 Å². The fraction of sp³-hybridized carbons (Fsp3) is 0.273. The van der Waals surface area contributed by atoms with Crippen LogP contribution in [0.3, 0.4) is 0 Å². The van der Waals surface area contributed by atoms with Gasteiger partial charge in [-0.1, -0.05) is 17.7 Å². The molecule has 0 aliphatic heterocycles. The van der Waals surface area contributed by atoms with Crippen LogP contribution in [0.2, 0.25) is 5.02 Å². The maximum atomic E-state index is 13.1. The molecule has 0 amide bonds. The van der Waals surface area contributed by atoms with Gasteiger partial charge in [-0.25, -0.2) is 4.39 Å². The van der Waals surface area contributed by atoms with Crippen molar-refractivity contribution in [2.45, 2.75) is 12.8 Å². The second-order valence-electron chi connectivity index (χ2n) is 2.71. The van der Waals surface area contributed by atoms with Gasteiger partial charge in [-0.2, -0.15) is 0 Å². The molecule has 0 aromatic heterocycles. The Morgan fingerprint density at radius 1 is 1.50 bits per heavy atom. The summed E-state index contributed by atoms with van der Waals surface area (Å²) in [7, 11) is 0. The van der Waals surface area contributed by atoms with E-state index in [0.29, 0.717) is 19.4 Å². The fourth-order valence-corrected chi connectivity index (χ4v) is 1.19. The highest BCUT2D eigenvalue weighted by atomic mass is 35.5. The van der Waals surface area contributed by atoms with Crippen LogP contribution >= 0.6 is 11.6 Å². The first-order valence-electron chi connectivity index (χ1n) is 4.26. The highest BCUT2D eigenvalue weighted by molar-refractivity contribution is 6.32. The van der Waals surface area contributed by atoms with Crippen molar-refractivity contribution in [2.24, 2.45) is 0 Å². The molecule has 1 nitrogen and oxygen atoms in total. The van der Waals surface area contributed by atoms with E-state index in [1.807, 2.05) is 0 Å². The van der Waals surface area contributed by atoms with Gasteiger partial charge in [0.25, 0.3) is 0 Å². The van der Waals surface area contributed by atoms with Gasteiger partial charge in [0.2, 0.25) is 0 Å². The van der Waals surface area contributed by atoms with Crippen molar-refractivity contribution in [3.8, 4) is 18.1 Å². The molecule has 1 aromatic carbocycles. The first-order valence-corrected chi connectivity index (χ1v) is 4.63. The zero-order valence-electron chi connectivity index (χ0n) is 7.59. The second kappa shape index (κ2) is 5.51. The highest BCUT2D eigenvalue weighted by Gasteiger charge is 2.06. The molecular formula is C11H10ClFO. The lowest BCUT2D eigenvalue weighted by Crippen LogP contribution is -1.99. The molecule has 1 aromatic rings. The Balaban J connectivity index is 2.54. The zero-order chi connectivity index (χ0) is 10.4. The summed E-state index contributed by atoms with van der Waals surface area (Å²) in [6.45, 7) is 0.380. The van der Waals surface area contributed by atoms with Gasteiger partial charge in [0.15, 0.2) is 11.6 Å². The molecule has 1 rings (SSSR count). The van der Waals surface area contributed by atoms with E-state index in [-0.39, 0.29) is 10.8 Å². The first-order chi connectivity index (χ1) is 6.75. The van der Waals surface area contributed by atoms with Gasteiger partial charge in [0.1, 0.15) is 0 Å². The van der Waals surface area contributed by atoms with Crippen LogP contribution in [0.5, 0.6) is 5.75 Å². The smallest absolute Gasteiger partial charge is 0.173 e. The van der Waals surface area contributed by atoms with Crippen LogP contribution in [0, 0.1) is 18.2 Å². The molecule has 0 N–H and O–H groups in total. The molecule has 0 radical (unpaired) electrons. The molecule has 14 heavy (non-hydrogen) atoms. The van der Waals surface area contributed by atoms with Crippen LogP contribution in [0.15, 0.2) is 18.2 Å². The molecular weight excluding hydrogens is 203 g/mol. The molecule has 0 saturated carbocycles. The van der Waals surface area contributed by atoms with E-state index >= 15 is 0 Å². The molecule has 0 aliphatic carbocycles. The number of para-hydroxylation sites is 1. The predicted octanol–water partition coefficient (Wildman–Crippen LogP) is 3.27. The highest BCUT2D eigenvalue weighted by Crippen LogP contribution is 2.27. The number of hydrogen-bond donors (Lipinski definition) is 0. The molecule has 0 heterocycles. The summed E-state index contributed by atoms with van der Waals surface area (Å²) in [5, 5.41) is 0.283. The van der Waals surface area contributed by atoms with Crippen molar-refractivity contribution in [1.29, 1.82) is 0 Å². The van der Waals surface area contributed by atoms with Gasteiger partial charge >= 0.3 is 0 Å². The zero-order valence-corrected chi connectivity index (χ0v) is 8.35. The number of ether oxygens (including phenoxy) is 1. The van der Waals surface area contributed by atoms with Crippen LogP contribution in [0.4, 0.5) is 4.39 Å². The lowest BCUT2D eigenvalue weighted by Gasteiger charge is -2.07. The number of unbranched alkanes of at least 4 members (excludes halogenated alkanes) is 1. The Morgan fingerprint density at radius 3 is 2.93 bits per heavy atom. The van der Waals surface area contributed by atoms with Crippen LogP contribution in [0.1, 0.15) is 12.8 Å². The third kappa shape index (κ3) is 2.93. The van der Waals surface area contributed by atoms with Gasteiger partial charge in [-0.15, -0.1) is 12.3 Å².